The number of ether oxygens (including phenoxy) is 1. The van der Waals surface area contributed by atoms with Crippen LogP contribution >= 0.6 is 0 Å². The van der Waals surface area contributed by atoms with Gasteiger partial charge in [0.15, 0.2) is 0 Å². The van der Waals surface area contributed by atoms with E-state index in [4.69, 9.17) is 4.74 Å². The number of hydrogen-bond acceptors (Lipinski definition) is 5. The van der Waals surface area contributed by atoms with E-state index in [2.05, 4.69) is 9.88 Å². The van der Waals surface area contributed by atoms with E-state index in [-0.39, 0.29) is 24.2 Å². The lowest BCUT2D eigenvalue weighted by atomic mass is 9.93. The Balaban J connectivity index is 1.68. The zero-order valence-corrected chi connectivity index (χ0v) is 21.4. The van der Waals surface area contributed by atoms with Gasteiger partial charge >= 0.3 is 18.4 Å². The lowest BCUT2D eigenvalue weighted by Gasteiger charge is -2.36. The molecule has 1 amide bonds. The fourth-order valence-electron chi connectivity index (χ4n) is 5.40. The second-order valence-electron chi connectivity index (χ2n) is 9.91. The molecule has 6 nitrogen and oxygen atoms in total. The fraction of sp³-hybridized carbons (Fsp3) is 0.519. The molecule has 1 aromatic carbocycles. The first kappa shape index (κ1) is 28.5. The Labute approximate surface area is 222 Å². The highest BCUT2D eigenvalue weighted by atomic mass is 19.4. The van der Waals surface area contributed by atoms with Gasteiger partial charge in [0, 0.05) is 24.3 Å². The molecular formula is C27H28F6N4O2. The summed E-state index contributed by atoms with van der Waals surface area (Å²) in [6.45, 7) is 4.03. The molecule has 1 saturated heterocycles. The van der Waals surface area contributed by atoms with E-state index in [1.54, 1.807) is 6.07 Å². The first-order chi connectivity index (χ1) is 18.3. The maximum Gasteiger partial charge on any atom is 0.416 e. The van der Waals surface area contributed by atoms with Gasteiger partial charge in [-0.05, 0) is 56.5 Å². The third kappa shape index (κ3) is 6.07. The van der Waals surface area contributed by atoms with Crippen molar-refractivity contribution in [1.29, 1.82) is 5.26 Å². The number of alkyl halides is 6. The molecule has 0 bridgehead atoms. The molecule has 210 valence electrons. The summed E-state index contributed by atoms with van der Waals surface area (Å²) in [5.41, 5.74) is -2.55. The number of aromatic nitrogens is 1. The van der Waals surface area contributed by atoms with Crippen molar-refractivity contribution in [2.45, 2.75) is 83.0 Å². The van der Waals surface area contributed by atoms with Gasteiger partial charge in [-0.1, -0.05) is 19.3 Å². The van der Waals surface area contributed by atoms with E-state index in [0.29, 0.717) is 30.1 Å². The predicted octanol–water partition coefficient (Wildman–Crippen LogP) is 7.23. The van der Waals surface area contributed by atoms with Gasteiger partial charge < -0.3 is 9.64 Å². The maximum atomic E-state index is 13.4. The van der Waals surface area contributed by atoms with Crippen LogP contribution in [0, 0.1) is 11.3 Å². The fourth-order valence-corrected chi connectivity index (χ4v) is 5.40. The lowest BCUT2D eigenvalue weighted by molar-refractivity contribution is -0.143. The molecule has 2 atom stereocenters. The molecule has 2 heterocycles. The van der Waals surface area contributed by atoms with Crippen LogP contribution < -0.4 is 4.90 Å². The van der Waals surface area contributed by atoms with E-state index < -0.39 is 47.3 Å². The van der Waals surface area contributed by atoms with Crippen molar-refractivity contribution in [3.63, 3.8) is 0 Å². The highest BCUT2D eigenvalue weighted by Crippen LogP contribution is 2.41. The van der Waals surface area contributed by atoms with Crippen molar-refractivity contribution in [1.82, 2.24) is 9.88 Å². The number of halogens is 6. The monoisotopic (exact) mass is 554 g/mol. The predicted molar refractivity (Wildman–Crippen MR) is 130 cm³/mol. The average molecular weight is 555 g/mol. The zero-order valence-electron chi connectivity index (χ0n) is 21.4. The molecule has 1 aromatic heterocycles. The normalized spacial score (nSPS) is 20.6. The summed E-state index contributed by atoms with van der Waals surface area (Å²) in [4.78, 5) is 20.8. The van der Waals surface area contributed by atoms with Crippen LogP contribution in [0.15, 0.2) is 30.5 Å². The van der Waals surface area contributed by atoms with Crippen LogP contribution in [0.2, 0.25) is 0 Å². The molecule has 0 radical (unpaired) electrons. The number of rotatable bonds is 6. The Morgan fingerprint density at radius 2 is 1.67 bits per heavy atom. The molecule has 0 N–H and O–H groups in total. The van der Waals surface area contributed by atoms with Crippen molar-refractivity contribution < 1.29 is 35.9 Å². The Morgan fingerprint density at radius 3 is 2.21 bits per heavy atom. The van der Waals surface area contributed by atoms with E-state index in [0.717, 1.165) is 32.1 Å². The number of carbonyl (C=O) groups is 1. The van der Waals surface area contributed by atoms with Crippen LogP contribution in [0.3, 0.4) is 0 Å². The first-order valence-corrected chi connectivity index (χ1v) is 12.8. The molecule has 1 aliphatic carbocycles. The summed E-state index contributed by atoms with van der Waals surface area (Å²) in [6, 6.07) is 4.16. The molecule has 2 aliphatic rings. The van der Waals surface area contributed by atoms with Crippen LogP contribution in [0.25, 0.3) is 0 Å². The Hall–Kier alpha value is -3.49. The zero-order chi connectivity index (χ0) is 28.5. The SMILES string of the molecule is CCN(c1ncc(C#N)cc1CN1C(=O)OC(c2cc(C(F)(F)F)cc(C(F)(F)F)c2)C1C)C1CCCCC1. The summed E-state index contributed by atoms with van der Waals surface area (Å²) in [5.74, 6) is 0.588. The second-order valence-corrected chi connectivity index (χ2v) is 9.91. The smallest absolute Gasteiger partial charge is 0.416 e. The second kappa shape index (κ2) is 10.9. The Bertz CT molecular complexity index is 1220. The first-order valence-electron chi connectivity index (χ1n) is 12.8. The highest BCUT2D eigenvalue weighted by Gasteiger charge is 2.43. The minimum atomic E-state index is -5.03. The number of hydrogen-bond donors (Lipinski definition) is 0. The van der Waals surface area contributed by atoms with Gasteiger partial charge in [0.1, 0.15) is 18.0 Å². The van der Waals surface area contributed by atoms with E-state index in [1.165, 1.54) is 18.0 Å². The van der Waals surface area contributed by atoms with Crippen molar-refractivity contribution in [2.24, 2.45) is 0 Å². The minimum absolute atomic E-state index is 0.0403. The number of amides is 1. The topological polar surface area (TPSA) is 69.5 Å². The molecule has 2 unspecified atom stereocenters. The average Bonchev–Trinajstić information content (AvgIpc) is 3.17. The lowest BCUT2D eigenvalue weighted by Crippen LogP contribution is -2.39. The van der Waals surface area contributed by atoms with Crippen molar-refractivity contribution in [3.8, 4) is 6.07 Å². The summed E-state index contributed by atoms with van der Waals surface area (Å²) >= 11 is 0. The summed E-state index contributed by atoms with van der Waals surface area (Å²) in [7, 11) is 0. The van der Waals surface area contributed by atoms with Gasteiger partial charge in [-0.3, -0.25) is 4.90 Å². The largest absolute Gasteiger partial charge is 0.439 e. The van der Waals surface area contributed by atoms with Gasteiger partial charge in [0.2, 0.25) is 0 Å². The minimum Gasteiger partial charge on any atom is -0.439 e. The van der Waals surface area contributed by atoms with Crippen LogP contribution in [-0.2, 0) is 23.6 Å². The van der Waals surface area contributed by atoms with E-state index >= 15 is 0 Å². The van der Waals surface area contributed by atoms with Crippen LogP contribution in [-0.4, -0.2) is 34.6 Å². The van der Waals surface area contributed by atoms with Crippen molar-refractivity contribution >= 4 is 11.9 Å². The Kier molecular flexibility index (Phi) is 8.00. The summed E-state index contributed by atoms with van der Waals surface area (Å²) in [5, 5.41) is 9.44. The summed E-state index contributed by atoms with van der Waals surface area (Å²) in [6.07, 6.45) is -5.63. The molecule has 1 aliphatic heterocycles. The highest BCUT2D eigenvalue weighted by molar-refractivity contribution is 5.71. The van der Waals surface area contributed by atoms with Crippen molar-refractivity contribution in [3.05, 3.63) is 58.3 Å². The molecule has 1 saturated carbocycles. The van der Waals surface area contributed by atoms with Crippen LogP contribution in [0.4, 0.5) is 37.0 Å². The maximum absolute atomic E-state index is 13.4. The van der Waals surface area contributed by atoms with E-state index in [1.807, 2.05) is 13.0 Å². The van der Waals surface area contributed by atoms with E-state index in [9.17, 15) is 36.4 Å². The van der Waals surface area contributed by atoms with Crippen molar-refractivity contribution in [2.75, 3.05) is 11.4 Å². The molecule has 0 spiro atoms. The number of nitriles is 1. The number of benzene rings is 1. The van der Waals surface area contributed by atoms with Gasteiger partial charge in [-0.15, -0.1) is 0 Å². The standard InChI is InChI=1S/C27H28F6N4O2/c1-3-36(22-7-5-4-6-8-22)24-19(9-17(13-34)14-35-24)15-37-16(2)23(39-25(37)38)18-10-20(26(28,29)30)12-21(11-18)27(31,32)33/h9-12,14,16,22-23H,3-8,15H2,1-2H3. The molecule has 2 aromatic rings. The molecule has 12 heteroatoms. The quantitative estimate of drug-likeness (QED) is 0.353. The van der Waals surface area contributed by atoms with Gasteiger partial charge in [0.25, 0.3) is 0 Å². The molecule has 2 fully saturated rings. The third-order valence-electron chi connectivity index (χ3n) is 7.37. The summed E-state index contributed by atoms with van der Waals surface area (Å²) < 4.78 is 85.8. The van der Waals surface area contributed by atoms with Crippen LogP contribution in [0.5, 0.6) is 0 Å². The van der Waals surface area contributed by atoms with Gasteiger partial charge in [0.05, 0.1) is 29.3 Å². The Morgan fingerprint density at radius 1 is 1.05 bits per heavy atom. The number of anilines is 1. The molecule has 4 rings (SSSR count). The number of carbonyl (C=O) groups excluding carboxylic acids is 1. The number of nitrogens with zero attached hydrogens (tertiary/aromatic N) is 4. The molecule has 39 heavy (non-hydrogen) atoms. The van der Waals surface area contributed by atoms with Crippen LogP contribution in [0.1, 0.15) is 79.9 Å². The van der Waals surface area contributed by atoms with Gasteiger partial charge in [-0.2, -0.15) is 31.6 Å². The third-order valence-corrected chi connectivity index (χ3v) is 7.37. The number of pyridine rings is 1. The molecular weight excluding hydrogens is 526 g/mol. The van der Waals surface area contributed by atoms with Gasteiger partial charge in [-0.25, -0.2) is 9.78 Å². The number of cyclic esters (lactones) is 1.